The molecule has 4 heteroatoms. The Labute approximate surface area is 95.3 Å². The van der Waals surface area contributed by atoms with E-state index in [0.717, 1.165) is 25.3 Å². The monoisotopic (exact) mass is 216 g/mol. The van der Waals surface area contributed by atoms with Crippen LogP contribution < -0.4 is 5.32 Å². The van der Waals surface area contributed by atoms with E-state index < -0.39 is 0 Å². The molecule has 1 N–H and O–H groups in total. The van der Waals surface area contributed by atoms with Crippen molar-refractivity contribution in [3.05, 3.63) is 42.1 Å². The molecule has 0 saturated carbocycles. The number of hydrogen-bond acceptors (Lipinski definition) is 3. The van der Waals surface area contributed by atoms with Gasteiger partial charge in [0.2, 0.25) is 0 Å². The highest BCUT2D eigenvalue weighted by molar-refractivity contribution is 5.32. The van der Waals surface area contributed by atoms with Crippen LogP contribution >= 0.6 is 0 Å². The molecule has 0 saturated heterocycles. The van der Waals surface area contributed by atoms with Crippen LogP contribution in [0.4, 0.5) is 5.82 Å². The van der Waals surface area contributed by atoms with Gasteiger partial charge in [0, 0.05) is 13.1 Å². The number of aromatic nitrogens is 3. The average Bonchev–Trinajstić information content (AvgIpc) is 2.76. The maximum Gasteiger partial charge on any atom is 0.145 e. The van der Waals surface area contributed by atoms with Gasteiger partial charge in [-0.1, -0.05) is 42.5 Å². The molecule has 0 aliphatic heterocycles. The van der Waals surface area contributed by atoms with Gasteiger partial charge in [-0.3, -0.25) is 0 Å². The summed E-state index contributed by atoms with van der Waals surface area (Å²) in [6.45, 7) is 3.83. The van der Waals surface area contributed by atoms with Gasteiger partial charge in [0.1, 0.15) is 5.82 Å². The molecular weight excluding hydrogens is 200 g/mol. The maximum atomic E-state index is 4.02. The van der Waals surface area contributed by atoms with E-state index in [4.69, 9.17) is 0 Å². The zero-order chi connectivity index (χ0) is 11.2. The van der Waals surface area contributed by atoms with E-state index >= 15 is 0 Å². The van der Waals surface area contributed by atoms with Crippen LogP contribution in [-0.4, -0.2) is 15.0 Å². The Morgan fingerprint density at radius 2 is 2.06 bits per heavy atom. The summed E-state index contributed by atoms with van der Waals surface area (Å²) in [6.07, 6.45) is 2.82. The summed E-state index contributed by atoms with van der Waals surface area (Å²) in [5.74, 6) is 0.978. The summed E-state index contributed by atoms with van der Waals surface area (Å²) >= 11 is 0. The number of aryl methyl sites for hydroxylation is 1. The normalized spacial score (nSPS) is 10.3. The Morgan fingerprint density at radius 1 is 1.25 bits per heavy atom. The van der Waals surface area contributed by atoms with Crippen molar-refractivity contribution < 1.29 is 0 Å². The lowest BCUT2D eigenvalue weighted by molar-refractivity contribution is 0.583. The Hall–Kier alpha value is -1.84. The van der Waals surface area contributed by atoms with Crippen molar-refractivity contribution in [3.8, 4) is 0 Å². The molecule has 1 aromatic carbocycles. The van der Waals surface area contributed by atoms with Crippen LogP contribution in [0.25, 0.3) is 0 Å². The number of hydrogen-bond donors (Lipinski definition) is 1. The fraction of sp³-hybridized carbons (Fsp3) is 0.333. The molecule has 2 aromatic rings. The summed E-state index contributed by atoms with van der Waals surface area (Å²) in [4.78, 5) is 0. The van der Waals surface area contributed by atoms with Gasteiger partial charge in [0.05, 0.1) is 6.20 Å². The molecule has 0 spiro atoms. The standard InChI is InChI=1S/C12H16N4/c1-2-8-16-12(10-14-15-16)13-9-11-6-4-3-5-7-11/h3-7,10,13H,2,8-9H2,1H3. The Bertz CT molecular complexity index is 422. The van der Waals surface area contributed by atoms with Gasteiger partial charge in [-0.15, -0.1) is 5.10 Å². The number of benzene rings is 1. The van der Waals surface area contributed by atoms with Crippen molar-refractivity contribution in [2.75, 3.05) is 5.32 Å². The van der Waals surface area contributed by atoms with E-state index in [9.17, 15) is 0 Å². The van der Waals surface area contributed by atoms with Crippen molar-refractivity contribution >= 4 is 5.82 Å². The lowest BCUT2D eigenvalue weighted by atomic mass is 10.2. The second-order valence-electron chi connectivity index (χ2n) is 3.68. The fourth-order valence-electron chi connectivity index (χ4n) is 1.56. The van der Waals surface area contributed by atoms with E-state index in [1.54, 1.807) is 6.20 Å². The van der Waals surface area contributed by atoms with Crippen LogP contribution in [0, 0.1) is 0 Å². The van der Waals surface area contributed by atoms with Crippen LogP contribution in [-0.2, 0) is 13.1 Å². The van der Waals surface area contributed by atoms with E-state index in [1.165, 1.54) is 5.56 Å². The minimum atomic E-state index is 0.803. The predicted octanol–water partition coefficient (Wildman–Crippen LogP) is 2.30. The quantitative estimate of drug-likeness (QED) is 0.834. The Balaban J connectivity index is 1.97. The SMILES string of the molecule is CCCn1nncc1NCc1ccccc1. The molecule has 0 radical (unpaired) electrons. The Morgan fingerprint density at radius 3 is 2.81 bits per heavy atom. The summed E-state index contributed by atoms with van der Waals surface area (Å²) in [7, 11) is 0. The molecule has 1 heterocycles. The van der Waals surface area contributed by atoms with Gasteiger partial charge in [-0.05, 0) is 12.0 Å². The molecule has 0 bridgehead atoms. The number of nitrogens with one attached hydrogen (secondary N) is 1. The van der Waals surface area contributed by atoms with Crippen LogP contribution in [0.15, 0.2) is 36.5 Å². The van der Waals surface area contributed by atoms with E-state index in [1.807, 2.05) is 22.9 Å². The van der Waals surface area contributed by atoms with Gasteiger partial charge >= 0.3 is 0 Å². The molecule has 0 atom stereocenters. The third kappa shape index (κ3) is 2.59. The van der Waals surface area contributed by atoms with Crippen molar-refractivity contribution in [3.63, 3.8) is 0 Å². The summed E-state index contributed by atoms with van der Waals surface area (Å²) in [5, 5.41) is 11.3. The lowest BCUT2D eigenvalue weighted by Gasteiger charge is -2.07. The van der Waals surface area contributed by atoms with Crippen molar-refractivity contribution in [1.29, 1.82) is 0 Å². The number of rotatable bonds is 5. The molecule has 0 unspecified atom stereocenters. The zero-order valence-electron chi connectivity index (χ0n) is 9.43. The zero-order valence-corrected chi connectivity index (χ0v) is 9.43. The van der Waals surface area contributed by atoms with Gasteiger partial charge in [0.15, 0.2) is 0 Å². The maximum absolute atomic E-state index is 4.02. The second kappa shape index (κ2) is 5.30. The van der Waals surface area contributed by atoms with Gasteiger partial charge in [-0.25, -0.2) is 4.68 Å². The fourth-order valence-corrected chi connectivity index (χ4v) is 1.56. The first-order valence-corrected chi connectivity index (χ1v) is 5.56. The first-order chi connectivity index (χ1) is 7.90. The Kier molecular flexibility index (Phi) is 3.53. The smallest absolute Gasteiger partial charge is 0.145 e. The minimum Gasteiger partial charge on any atom is -0.365 e. The molecule has 4 nitrogen and oxygen atoms in total. The molecule has 1 aromatic heterocycles. The van der Waals surface area contributed by atoms with Crippen LogP contribution in [0.1, 0.15) is 18.9 Å². The minimum absolute atomic E-state index is 0.803. The number of nitrogens with zero attached hydrogens (tertiary/aromatic N) is 3. The molecule has 0 amide bonds. The van der Waals surface area contributed by atoms with Crippen LogP contribution in [0.5, 0.6) is 0 Å². The first-order valence-electron chi connectivity index (χ1n) is 5.56. The van der Waals surface area contributed by atoms with Crippen molar-refractivity contribution in [1.82, 2.24) is 15.0 Å². The van der Waals surface area contributed by atoms with Gasteiger partial charge in [0.25, 0.3) is 0 Å². The predicted molar refractivity (Wildman–Crippen MR) is 64.1 cm³/mol. The van der Waals surface area contributed by atoms with Gasteiger partial charge in [-0.2, -0.15) is 0 Å². The van der Waals surface area contributed by atoms with Gasteiger partial charge < -0.3 is 5.32 Å². The molecule has 16 heavy (non-hydrogen) atoms. The van der Waals surface area contributed by atoms with E-state index in [2.05, 4.69) is 34.7 Å². The highest BCUT2D eigenvalue weighted by atomic mass is 15.4. The molecule has 2 rings (SSSR count). The summed E-state index contributed by atoms with van der Waals surface area (Å²) < 4.78 is 1.89. The molecule has 84 valence electrons. The molecule has 0 aliphatic carbocycles. The first kappa shape index (κ1) is 10.7. The summed E-state index contributed by atoms with van der Waals surface area (Å²) in [5.41, 5.74) is 1.26. The topological polar surface area (TPSA) is 42.7 Å². The van der Waals surface area contributed by atoms with Crippen LogP contribution in [0.3, 0.4) is 0 Å². The van der Waals surface area contributed by atoms with Crippen LogP contribution in [0.2, 0.25) is 0 Å². The lowest BCUT2D eigenvalue weighted by Crippen LogP contribution is -2.07. The molecule has 0 aliphatic rings. The van der Waals surface area contributed by atoms with Crippen molar-refractivity contribution in [2.45, 2.75) is 26.4 Å². The second-order valence-corrected chi connectivity index (χ2v) is 3.68. The summed E-state index contributed by atoms with van der Waals surface area (Å²) in [6, 6.07) is 10.3. The highest BCUT2D eigenvalue weighted by Crippen LogP contribution is 2.07. The highest BCUT2D eigenvalue weighted by Gasteiger charge is 2.01. The largest absolute Gasteiger partial charge is 0.365 e. The molecular formula is C12H16N4. The number of anilines is 1. The third-order valence-electron chi connectivity index (χ3n) is 2.37. The van der Waals surface area contributed by atoms with Crippen molar-refractivity contribution in [2.24, 2.45) is 0 Å². The van der Waals surface area contributed by atoms with E-state index in [-0.39, 0.29) is 0 Å². The van der Waals surface area contributed by atoms with E-state index in [0.29, 0.717) is 0 Å². The average molecular weight is 216 g/mol. The third-order valence-corrected chi connectivity index (χ3v) is 2.37. The molecule has 0 fully saturated rings.